The Morgan fingerprint density at radius 1 is 1.15 bits per heavy atom. The summed E-state index contributed by atoms with van der Waals surface area (Å²) >= 11 is 0. The smallest absolute Gasteiger partial charge is 0.248 e. The third kappa shape index (κ3) is 5.34. The minimum atomic E-state index is -0.364. The molecule has 0 atom stereocenters. The molecule has 7 nitrogen and oxygen atoms in total. The molecule has 0 aliphatic rings. The standard InChI is InChI=1S/C19H20FN5O2/c1-2-3-12-27-17-10-4-14(5-11-17)19-22-24-25(23-19)13-18(26)21-16-8-6-15(20)7-9-16/h4-11H,2-3,12-13H2,1H3,(H,21,26). The second-order valence-electron chi connectivity index (χ2n) is 5.92. The zero-order chi connectivity index (χ0) is 19.1. The van der Waals surface area contributed by atoms with Gasteiger partial charge in [0.15, 0.2) is 0 Å². The lowest BCUT2D eigenvalue weighted by Crippen LogP contribution is -2.20. The summed E-state index contributed by atoms with van der Waals surface area (Å²) in [6.45, 7) is 2.71. The van der Waals surface area contributed by atoms with Crippen molar-refractivity contribution in [2.45, 2.75) is 26.3 Å². The van der Waals surface area contributed by atoms with Crippen molar-refractivity contribution < 1.29 is 13.9 Å². The number of benzene rings is 2. The first kappa shape index (κ1) is 18.5. The lowest BCUT2D eigenvalue weighted by molar-refractivity contribution is -0.117. The SMILES string of the molecule is CCCCOc1ccc(-c2nnn(CC(=O)Nc3ccc(F)cc3)n2)cc1. The number of anilines is 1. The van der Waals surface area contributed by atoms with Gasteiger partial charge >= 0.3 is 0 Å². The molecule has 0 aliphatic carbocycles. The van der Waals surface area contributed by atoms with Crippen LogP contribution in [0, 0.1) is 5.82 Å². The van der Waals surface area contributed by atoms with Crippen molar-refractivity contribution in [2.75, 3.05) is 11.9 Å². The van der Waals surface area contributed by atoms with Gasteiger partial charge in [-0.05, 0) is 60.2 Å². The van der Waals surface area contributed by atoms with E-state index >= 15 is 0 Å². The van der Waals surface area contributed by atoms with E-state index in [1.54, 1.807) is 0 Å². The summed E-state index contributed by atoms with van der Waals surface area (Å²) in [5.41, 5.74) is 1.28. The molecule has 0 aliphatic heterocycles. The average molecular weight is 369 g/mol. The van der Waals surface area contributed by atoms with E-state index in [1.807, 2.05) is 24.3 Å². The molecule has 1 aromatic heterocycles. The molecule has 2 aromatic carbocycles. The largest absolute Gasteiger partial charge is 0.494 e. The molecule has 0 fully saturated rings. The Bertz CT molecular complexity index is 878. The monoisotopic (exact) mass is 369 g/mol. The summed E-state index contributed by atoms with van der Waals surface area (Å²) in [6, 6.07) is 12.9. The lowest BCUT2D eigenvalue weighted by Gasteiger charge is -2.05. The number of unbranched alkanes of at least 4 members (excludes halogenated alkanes) is 1. The van der Waals surface area contributed by atoms with Crippen LogP contribution in [0.2, 0.25) is 0 Å². The number of nitrogens with zero attached hydrogens (tertiary/aromatic N) is 4. The van der Waals surface area contributed by atoms with Crippen LogP contribution in [0.25, 0.3) is 11.4 Å². The number of nitrogens with one attached hydrogen (secondary N) is 1. The van der Waals surface area contributed by atoms with Crippen LogP contribution in [0.15, 0.2) is 48.5 Å². The Hall–Kier alpha value is -3.29. The van der Waals surface area contributed by atoms with Gasteiger partial charge in [0.05, 0.1) is 6.61 Å². The quantitative estimate of drug-likeness (QED) is 0.616. The van der Waals surface area contributed by atoms with Gasteiger partial charge in [-0.25, -0.2) is 4.39 Å². The van der Waals surface area contributed by atoms with Crippen molar-refractivity contribution in [2.24, 2.45) is 0 Å². The highest BCUT2D eigenvalue weighted by Crippen LogP contribution is 2.19. The summed E-state index contributed by atoms with van der Waals surface area (Å²) < 4.78 is 18.5. The van der Waals surface area contributed by atoms with Crippen LogP contribution in [0.1, 0.15) is 19.8 Å². The zero-order valence-corrected chi connectivity index (χ0v) is 14.9. The van der Waals surface area contributed by atoms with Crippen LogP contribution in [0.4, 0.5) is 10.1 Å². The number of carbonyl (C=O) groups excluding carboxylic acids is 1. The Labute approximate surface area is 156 Å². The predicted molar refractivity (Wildman–Crippen MR) is 98.7 cm³/mol. The van der Waals surface area contributed by atoms with E-state index < -0.39 is 0 Å². The van der Waals surface area contributed by atoms with Gasteiger partial charge in [0, 0.05) is 11.3 Å². The molecule has 1 amide bonds. The predicted octanol–water partition coefficient (Wildman–Crippen LogP) is 3.30. The number of rotatable bonds is 8. The van der Waals surface area contributed by atoms with Crippen LogP contribution < -0.4 is 10.1 Å². The number of hydrogen-bond donors (Lipinski definition) is 1. The molecule has 140 valence electrons. The van der Waals surface area contributed by atoms with Crippen molar-refractivity contribution in [3.8, 4) is 17.1 Å². The molecule has 0 spiro atoms. The fourth-order valence-corrected chi connectivity index (χ4v) is 2.32. The summed E-state index contributed by atoms with van der Waals surface area (Å²) in [5.74, 6) is 0.519. The summed E-state index contributed by atoms with van der Waals surface area (Å²) in [5, 5.41) is 14.7. The minimum Gasteiger partial charge on any atom is -0.494 e. The van der Waals surface area contributed by atoms with E-state index in [0.717, 1.165) is 24.2 Å². The second kappa shape index (κ2) is 8.88. The van der Waals surface area contributed by atoms with Crippen molar-refractivity contribution in [1.82, 2.24) is 20.2 Å². The Morgan fingerprint density at radius 2 is 1.89 bits per heavy atom. The summed E-state index contributed by atoms with van der Waals surface area (Å²) in [7, 11) is 0. The minimum absolute atomic E-state index is 0.0947. The van der Waals surface area contributed by atoms with E-state index in [9.17, 15) is 9.18 Å². The van der Waals surface area contributed by atoms with Crippen molar-refractivity contribution in [3.05, 3.63) is 54.3 Å². The zero-order valence-electron chi connectivity index (χ0n) is 14.9. The molecule has 0 bridgehead atoms. The van der Waals surface area contributed by atoms with E-state index in [-0.39, 0.29) is 18.3 Å². The van der Waals surface area contributed by atoms with Crippen molar-refractivity contribution in [1.29, 1.82) is 0 Å². The number of ether oxygens (including phenoxy) is 1. The van der Waals surface area contributed by atoms with Crippen LogP contribution in [0.5, 0.6) is 5.75 Å². The molecule has 0 radical (unpaired) electrons. The first-order valence-corrected chi connectivity index (χ1v) is 8.70. The maximum absolute atomic E-state index is 12.9. The van der Waals surface area contributed by atoms with Crippen LogP contribution in [0.3, 0.4) is 0 Å². The fourth-order valence-electron chi connectivity index (χ4n) is 2.32. The van der Waals surface area contributed by atoms with Gasteiger partial charge in [0.1, 0.15) is 18.1 Å². The van der Waals surface area contributed by atoms with Gasteiger partial charge in [-0.3, -0.25) is 4.79 Å². The molecule has 3 rings (SSSR count). The van der Waals surface area contributed by atoms with Gasteiger partial charge in [-0.2, -0.15) is 4.80 Å². The van der Waals surface area contributed by atoms with Crippen LogP contribution in [-0.4, -0.2) is 32.7 Å². The van der Waals surface area contributed by atoms with Gasteiger partial charge in [0.25, 0.3) is 0 Å². The average Bonchev–Trinajstić information content (AvgIpc) is 3.13. The fraction of sp³-hybridized carbons (Fsp3) is 0.263. The Balaban J connectivity index is 1.57. The van der Waals surface area contributed by atoms with Gasteiger partial charge < -0.3 is 10.1 Å². The van der Waals surface area contributed by atoms with Crippen molar-refractivity contribution >= 4 is 11.6 Å². The molecule has 0 saturated heterocycles. The Kier molecular flexibility index (Phi) is 6.09. The number of carbonyl (C=O) groups is 1. The summed E-state index contributed by atoms with van der Waals surface area (Å²) in [6.07, 6.45) is 2.09. The molecular formula is C19H20FN5O2. The number of aromatic nitrogens is 4. The number of hydrogen-bond acceptors (Lipinski definition) is 5. The summed E-state index contributed by atoms with van der Waals surface area (Å²) in [4.78, 5) is 13.2. The molecule has 1 heterocycles. The molecule has 0 saturated carbocycles. The molecule has 3 aromatic rings. The number of halogens is 1. The van der Waals surface area contributed by atoms with Gasteiger partial charge in [0.2, 0.25) is 11.7 Å². The number of tetrazole rings is 1. The molecule has 1 N–H and O–H groups in total. The maximum atomic E-state index is 12.9. The normalized spacial score (nSPS) is 10.6. The third-order valence-electron chi connectivity index (χ3n) is 3.74. The second-order valence-corrected chi connectivity index (χ2v) is 5.92. The topological polar surface area (TPSA) is 81.9 Å². The first-order valence-electron chi connectivity index (χ1n) is 8.70. The van der Waals surface area contributed by atoms with Crippen LogP contribution in [-0.2, 0) is 11.3 Å². The highest BCUT2D eigenvalue weighted by Gasteiger charge is 2.10. The van der Waals surface area contributed by atoms with Crippen LogP contribution >= 0.6 is 0 Å². The molecule has 27 heavy (non-hydrogen) atoms. The van der Waals surface area contributed by atoms with E-state index in [1.165, 1.54) is 29.1 Å². The van der Waals surface area contributed by atoms with Crippen molar-refractivity contribution in [3.63, 3.8) is 0 Å². The first-order chi connectivity index (χ1) is 13.1. The van der Waals surface area contributed by atoms with E-state index in [4.69, 9.17) is 4.74 Å². The Morgan fingerprint density at radius 3 is 2.59 bits per heavy atom. The van der Waals surface area contributed by atoms with Gasteiger partial charge in [-0.1, -0.05) is 13.3 Å². The molecular weight excluding hydrogens is 349 g/mol. The van der Waals surface area contributed by atoms with E-state index in [0.29, 0.717) is 18.1 Å². The highest BCUT2D eigenvalue weighted by atomic mass is 19.1. The highest BCUT2D eigenvalue weighted by molar-refractivity contribution is 5.90. The lowest BCUT2D eigenvalue weighted by atomic mass is 10.2. The molecule has 8 heteroatoms. The maximum Gasteiger partial charge on any atom is 0.248 e. The third-order valence-corrected chi connectivity index (χ3v) is 3.74. The van der Waals surface area contributed by atoms with Gasteiger partial charge in [-0.15, -0.1) is 10.2 Å². The molecule has 0 unspecified atom stereocenters. The number of amides is 1. The van der Waals surface area contributed by atoms with E-state index in [2.05, 4.69) is 27.7 Å².